The van der Waals surface area contributed by atoms with E-state index in [4.69, 9.17) is 9.26 Å². The number of likely N-dealkylation sites (tertiary alicyclic amines) is 1. The molecule has 0 aliphatic carbocycles. The summed E-state index contributed by atoms with van der Waals surface area (Å²) in [5.41, 5.74) is 2.80. The molecule has 5 rings (SSSR count). The number of nitrogens with one attached hydrogen (secondary N) is 1. The number of hydrogen-bond acceptors (Lipinski definition) is 8. The molecule has 0 spiro atoms. The van der Waals surface area contributed by atoms with Crippen LogP contribution in [-0.2, 0) is 9.53 Å². The minimum absolute atomic E-state index is 0.0738. The van der Waals surface area contributed by atoms with Crippen molar-refractivity contribution in [2.75, 3.05) is 19.0 Å². The van der Waals surface area contributed by atoms with Crippen molar-refractivity contribution < 1.29 is 23.2 Å². The fourth-order valence-corrected chi connectivity index (χ4v) is 4.76. The second-order valence-electron chi connectivity index (χ2n) is 7.59. The van der Waals surface area contributed by atoms with Gasteiger partial charge in [0.2, 0.25) is 5.76 Å². The zero-order chi connectivity index (χ0) is 22.9. The highest BCUT2D eigenvalue weighted by Gasteiger charge is 2.36. The SMILES string of the molecule is COC(=O)[C@@H]1CCCN1C(=O)c1cc(-c2ccc(Nc3nc4ccc(F)cc4s3)cc2)no1. The number of nitrogens with zero attached hydrogens (tertiary/aromatic N) is 3. The Kier molecular flexibility index (Phi) is 5.51. The molecule has 8 nitrogen and oxygen atoms in total. The van der Waals surface area contributed by atoms with Crippen molar-refractivity contribution >= 4 is 44.2 Å². The quantitative estimate of drug-likeness (QED) is 0.429. The standard InChI is InChI=1S/C23H19FN4O4S/c1-31-22(30)18-3-2-10-28(18)21(29)19-12-17(27-32-19)13-4-7-15(8-5-13)25-23-26-16-9-6-14(24)11-20(16)33-23/h4-9,11-12,18H,2-3,10H2,1H3,(H,25,26)/t18-/m0/s1. The first kappa shape index (κ1) is 21.1. The number of fused-ring (bicyclic) bond motifs is 1. The van der Waals surface area contributed by atoms with Gasteiger partial charge in [-0.15, -0.1) is 0 Å². The number of hydrogen-bond donors (Lipinski definition) is 1. The summed E-state index contributed by atoms with van der Waals surface area (Å²) in [7, 11) is 1.31. The van der Waals surface area contributed by atoms with Crippen LogP contribution in [0.5, 0.6) is 0 Å². The third-order valence-electron chi connectivity index (χ3n) is 5.49. The van der Waals surface area contributed by atoms with Gasteiger partial charge in [-0.1, -0.05) is 28.6 Å². The zero-order valence-electron chi connectivity index (χ0n) is 17.6. The minimum atomic E-state index is -0.597. The molecular weight excluding hydrogens is 447 g/mol. The van der Waals surface area contributed by atoms with E-state index in [9.17, 15) is 14.0 Å². The maximum Gasteiger partial charge on any atom is 0.328 e. The molecule has 1 fully saturated rings. The molecule has 0 saturated carbocycles. The number of benzene rings is 2. The number of halogens is 1. The summed E-state index contributed by atoms with van der Waals surface area (Å²) >= 11 is 1.36. The largest absolute Gasteiger partial charge is 0.467 e. The van der Waals surface area contributed by atoms with Crippen LogP contribution in [0.25, 0.3) is 21.5 Å². The number of ether oxygens (including phenoxy) is 1. The summed E-state index contributed by atoms with van der Waals surface area (Å²) in [6.45, 7) is 0.466. The van der Waals surface area contributed by atoms with Crippen LogP contribution < -0.4 is 5.32 Å². The molecule has 1 amide bonds. The van der Waals surface area contributed by atoms with E-state index in [0.717, 1.165) is 27.9 Å². The fraction of sp³-hybridized carbons (Fsp3) is 0.217. The van der Waals surface area contributed by atoms with Gasteiger partial charge in [0, 0.05) is 23.9 Å². The van der Waals surface area contributed by atoms with Gasteiger partial charge in [-0.05, 0) is 43.2 Å². The van der Waals surface area contributed by atoms with Crippen molar-refractivity contribution in [1.29, 1.82) is 0 Å². The van der Waals surface area contributed by atoms with Gasteiger partial charge in [0.25, 0.3) is 5.91 Å². The molecule has 33 heavy (non-hydrogen) atoms. The van der Waals surface area contributed by atoms with E-state index in [1.54, 1.807) is 12.1 Å². The van der Waals surface area contributed by atoms with E-state index in [2.05, 4.69) is 15.5 Å². The molecule has 2 aromatic heterocycles. The molecule has 1 saturated heterocycles. The molecule has 168 valence electrons. The molecule has 1 N–H and O–H groups in total. The summed E-state index contributed by atoms with van der Waals surface area (Å²) in [4.78, 5) is 30.7. The Labute approximate surface area is 192 Å². The number of carbonyl (C=O) groups excluding carboxylic acids is 2. The van der Waals surface area contributed by atoms with Gasteiger partial charge in [-0.25, -0.2) is 14.2 Å². The Hall–Kier alpha value is -3.79. The van der Waals surface area contributed by atoms with Crippen LogP contribution in [0.1, 0.15) is 23.4 Å². The molecule has 4 aromatic rings. The Morgan fingerprint density at radius 2 is 2.03 bits per heavy atom. The van der Waals surface area contributed by atoms with Gasteiger partial charge in [0.1, 0.15) is 17.6 Å². The van der Waals surface area contributed by atoms with Crippen molar-refractivity contribution in [2.45, 2.75) is 18.9 Å². The van der Waals surface area contributed by atoms with Gasteiger partial charge in [0.15, 0.2) is 5.13 Å². The first-order valence-corrected chi connectivity index (χ1v) is 11.1. The highest BCUT2D eigenvalue weighted by molar-refractivity contribution is 7.22. The van der Waals surface area contributed by atoms with E-state index in [-0.39, 0.29) is 17.5 Å². The summed E-state index contributed by atoms with van der Waals surface area (Å²) in [5, 5.41) is 7.88. The highest BCUT2D eigenvalue weighted by atomic mass is 32.1. The summed E-state index contributed by atoms with van der Waals surface area (Å²) in [6, 6.07) is 12.9. The van der Waals surface area contributed by atoms with Gasteiger partial charge >= 0.3 is 5.97 Å². The van der Waals surface area contributed by atoms with Crippen LogP contribution in [0.15, 0.2) is 53.1 Å². The number of methoxy groups -OCH3 is 1. The lowest BCUT2D eigenvalue weighted by atomic mass is 10.1. The van der Waals surface area contributed by atoms with Gasteiger partial charge in [-0.3, -0.25) is 4.79 Å². The molecule has 1 aliphatic rings. The third kappa shape index (κ3) is 4.17. The number of anilines is 2. The van der Waals surface area contributed by atoms with Crippen molar-refractivity contribution in [3.05, 3.63) is 60.1 Å². The molecule has 0 unspecified atom stereocenters. The topological polar surface area (TPSA) is 97.6 Å². The van der Waals surface area contributed by atoms with Gasteiger partial charge in [0.05, 0.1) is 17.3 Å². The van der Waals surface area contributed by atoms with Gasteiger partial charge in [-0.2, -0.15) is 0 Å². The van der Waals surface area contributed by atoms with Crippen LogP contribution >= 0.6 is 11.3 Å². The lowest BCUT2D eigenvalue weighted by Crippen LogP contribution is -2.40. The minimum Gasteiger partial charge on any atom is -0.467 e. The number of aromatic nitrogens is 2. The Bertz CT molecular complexity index is 1330. The summed E-state index contributed by atoms with van der Waals surface area (Å²) in [6.07, 6.45) is 1.29. The predicted octanol–water partition coefficient (Wildman–Crippen LogP) is 4.61. The number of amides is 1. The predicted molar refractivity (Wildman–Crippen MR) is 121 cm³/mol. The normalized spacial score (nSPS) is 15.7. The van der Waals surface area contributed by atoms with Crippen molar-refractivity contribution in [1.82, 2.24) is 15.0 Å². The van der Waals surface area contributed by atoms with E-state index in [1.165, 1.54) is 35.5 Å². The van der Waals surface area contributed by atoms with Crippen molar-refractivity contribution in [3.63, 3.8) is 0 Å². The Morgan fingerprint density at radius 1 is 1.21 bits per heavy atom. The van der Waals surface area contributed by atoms with E-state index >= 15 is 0 Å². The molecule has 0 bridgehead atoms. The second-order valence-corrected chi connectivity index (χ2v) is 8.62. The first-order chi connectivity index (χ1) is 16.0. The average Bonchev–Trinajstić information content (AvgIpc) is 3.57. The average molecular weight is 466 g/mol. The highest BCUT2D eigenvalue weighted by Crippen LogP contribution is 2.30. The Balaban J connectivity index is 1.29. The van der Waals surface area contributed by atoms with Crippen LogP contribution in [0.2, 0.25) is 0 Å². The van der Waals surface area contributed by atoms with Crippen LogP contribution in [0.3, 0.4) is 0 Å². The van der Waals surface area contributed by atoms with E-state index in [0.29, 0.717) is 23.8 Å². The third-order valence-corrected chi connectivity index (χ3v) is 6.42. The summed E-state index contributed by atoms with van der Waals surface area (Å²) < 4.78 is 24.2. The lowest BCUT2D eigenvalue weighted by molar-refractivity contribution is -0.145. The Morgan fingerprint density at radius 3 is 2.82 bits per heavy atom. The smallest absolute Gasteiger partial charge is 0.328 e. The van der Waals surface area contributed by atoms with Crippen molar-refractivity contribution in [3.8, 4) is 11.3 Å². The molecule has 1 aliphatic heterocycles. The monoisotopic (exact) mass is 466 g/mol. The molecule has 3 heterocycles. The zero-order valence-corrected chi connectivity index (χ0v) is 18.4. The number of thiazole rings is 1. The maximum atomic E-state index is 13.4. The molecule has 10 heteroatoms. The van der Waals surface area contributed by atoms with Crippen LogP contribution in [0, 0.1) is 5.82 Å². The second kappa shape index (κ2) is 8.62. The number of carbonyl (C=O) groups is 2. The first-order valence-electron chi connectivity index (χ1n) is 10.3. The van der Waals surface area contributed by atoms with E-state index < -0.39 is 12.0 Å². The summed E-state index contributed by atoms with van der Waals surface area (Å²) in [5.74, 6) is -1.03. The maximum absolute atomic E-state index is 13.4. The van der Waals surface area contributed by atoms with Crippen LogP contribution in [-0.4, -0.2) is 46.6 Å². The lowest BCUT2D eigenvalue weighted by Gasteiger charge is -2.20. The van der Waals surface area contributed by atoms with Crippen LogP contribution in [0.4, 0.5) is 15.2 Å². The van der Waals surface area contributed by atoms with Crippen molar-refractivity contribution in [2.24, 2.45) is 0 Å². The number of rotatable bonds is 5. The molecule has 1 atom stereocenters. The molecular formula is C23H19FN4O4S. The molecule has 0 radical (unpaired) electrons. The van der Waals surface area contributed by atoms with E-state index in [1.807, 2.05) is 24.3 Å². The molecule has 2 aromatic carbocycles. The van der Waals surface area contributed by atoms with Gasteiger partial charge < -0.3 is 19.5 Å². The fourth-order valence-electron chi connectivity index (χ4n) is 3.84. The number of esters is 1.